The van der Waals surface area contributed by atoms with E-state index in [1.165, 1.54) is 24.3 Å². The lowest BCUT2D eigenvalue weighted by Gasteiger charge is -2.07. The summed E-state index contributed by atoms with van der Waals surface area (Å²) in [5.41, 5.74) is 6.27. The quantitative estimate of drug-likeness (QED) is 0.751. The minimum Gasteiger partial charge on any atom is -0.478 e. The van der Waals surface area contributed by atoms with Crippen LogP contribution in [0.4, 0.5) is 10.1 Å². The number of amides is 1. The van der Waals surface area contributed by atoms with Gasteiger partial charge in [0, 0.05) is 12.2 Å². The third-order valence-electron chi connectivity index (χ3n) is 2.86. The molecule has 0 heterocycles. The summed E-state index contributed by atoms with van der Waals surface area (Å²) in [6.07, 6.45) is 0. The number of carboxylic acid groups (broad SMARTS) is 1. The monoisotopic (exact) mass is 288 g/mol. The van der Waals surface area contributed by atoms with Crippen molar-refractivity contribution in [3.63, 3.8) is 0 Å². The van der Waals surface area contributed by atoms with E-state index in [0.29, 0.717) is 5.56 Å². The third-order valence-corrected chi connectivity index (χ3v) is 2.86. The second-order valence-electron chi connectivity index (χ2n) is 4.43. The molecule has 0 fully saturated rings. The fraction of sp³-hybridized carbons (Fsp3) is 0.0667. The van der Waals surface area contributed by atoms with Crippen LogP contribution in [0.1, 0.15) is 26.3 Å². The molecule has 2 aromatic carbocycles. The molecule has 0 aromatic heterocycles. The smallest absolute Gasteiger partial charge is 0.335 e. The standard InChI is InChI=1S/C15H13FN2O3/c16-13-7-11(17)4-5-12(13)14(19)18-8-9-2-1-3-10(6-9)15(20)21/h1-7H,8,17H2,(H,18,19)(H,20,21). The van der Waals surface area contributed by atoms with Crippen molar-refractivity contribution in [3.05, 3.63) is 65.0 Å². The lowest BCUT2D eigenvalue weighted by molar-refractivity contribution is 0.0696. The number of halogens is 1. The summed E-state index contributed by atoms with van der Waals surface area (Å²) in [5.74, 6) is -2.34. The molecular formula is C15H13FN2O3. The van der Waals surface area contributed by atoms with Crippen molar-refractivity contribution < 1.29 is 19.1 Å². The van der Waals surface area contributed by atoms with Gasteiger partial charge in [-0.15, -0.1) is 0 Å². The average Bonchev–Trinajstić information content (AvgIpc) is 2.45. The highest BCUT2D eigenvalue weighted by Gasteiger charge is 2.11. The molecule has 0 aliphatic rings. The van der Waals surface area contributed by atoms with E-state index in [4.69, 9.17) is 10.8 Å². The van der Waals surface area contributed by atoms with Gasteiger partial charge in [-0.25, -0.2) is 9.18 Å². The minimum atomic E-state index is -1.05. The molecule has 6 heteroatoms. The predicted molar refractivity (Wildman–Crippen MR) is 75.4 cm³/mol. The zero-order valence-electron chi connectivity index (χ0n) is 11.0. The van der Waals surface area contributed by atoms with Crippen LogP contribution in [0, 0.1) is 5.82 Å². The van der Waals surface area contributed by atoms with E-state index in [2.05, 4.69) is 5.32 Å². The number of nitrogens with two attached hydrogens (primary N) is 1. The first-order chi connectivity index (χ1) is 9.97. The molecule has 0 spiro atoms. The van der Waals surface area contributed by atoms with E-state index in [-0.39, 0.29) is 23.4 Å². The zero-order valence-corrected chi connectivity index (χ0v) is 11.0. The van der Waals surface area contributed by atoms with E-state index in [9.17, 15) is 14.0 Å². The van der Waals surface area contributed by atoms with Gasteiger partial charge in [-0.1, -0.05) is 12.1 Å². The van der Waals surface area contributed by atoms with Crippen LogP contribution in [0.2, 0.25) is 0 Å². The summed E-state index contributed by atoms with van der Waals surface area (Å²) >= 11 is 0. The number of carbonyl (C=O) groups is 2. The Morgan fingerprint density at radius 1 is 1.19 bits per heavy atom. The Kier molecular flexibility index (Phi) is 4.18. The molecule has 0 atom stereocenters. The third kappa shape index (κ3) is 3.56. The lowest BCUT2D eigenvalue weighted by atomic mass is 10.1. The van der Waals surface area contributed by atoms with Gasteiger partial charge >= 0.3 is 5.97 Å². The molecule has 0 aliphatic heterocycles. The van der Waals surface area contributed by atoms with Gasteiger partial charge in [-0.3, -0.25) is 4.79 Å². The maximum Gasteiger partial charge on any atom is 0.335 e. The topological polar surface area (TPSA) is 92.4 Å². The van der Waals surface area contributed by atoms with E-state index in [0.717, 1.165) is 6.07 Å². The zero-order chi connectivity index (χ0) is 15.4. The molecule has 4 N–H and O–H groups in total. The summed E-state index contributed by atoms with van der Waals surface area (Å²) in [6.45, 7) is 0.101. The Morgan fingerprint density at radius 3 is 2.62 bits per heavy atom. The minimum absolute atomic E-state index is 0.101. The Balaban J connectivity index is 2.07. The SMILES string of the molecule is Nc1ccc(C(=O)NCc2cccc(C(=O)O)c2)c(F)c1. The van der Waals surface area contributed by atoms with Crippen LogP contribution in [-0.4, -0.2) is 17.0 Å². The number of benzene rings is 2. The number of anilines is 1. The maximum atomic E-state index is 13.6. The van der Waals surface area contributed by atoms with E-state index in [1.807, 2.05) is 0 Å². The van der Waals surface area contributed by atoms with E-state index in [1.54, 1.807) is 12.1 Å². The highest BCUT2D eigenvalue weighted by molar-refractivity contribution is 5.94. The predicted octanol–water partition coefficient (Wildman–Crippen LogP) is 2.04. The van der Waals surface area contributed by atoms with Crippen LogP contribution in [0.25, 0.3) is 0 Å². The molecule has 2 rings (SSSR count). The summed E-state index contributed by atoms with van der Waals surface area (Å²) in [6, 6.07) is 9.95. The van der Waals surface area contributed by atoms with Gasteiger partial charge in [0.05, 0.1) is 11.1 Å². The first-order valence-corrected chi connectivity index (χ1v) is 6.13. The van der Waals surface area contributed by atoms with Crippen LogP contribution < -0.4 is 11.1 Å². The van der Waals surface area contributed by atoms with Crippen molar-refractivity contribution in [1.29, 1.82) is 0 Å². The molecule has 0 bridgehead atoms. The van der Waals surface area contributed by atoms with Crippen molar-refractivity contribution in [3.8, 4) is 0 Å². The van der Waals surface area contributed by atoms with E-state index >= 15 is 0 Å². The van der Waals surface area contributed by atoms with Crippen LogP contribution in [-0.2, 0) is 6.54 Å². The summed E-state index contributed by atoms with van der Waals surface area (Å²) in [7, 11) is 0. The summed E-state index contributed by atoms with van der Waals surface area (Å²) in [4.78, 5) is 22.7. The summed E-state index contributed by atoms with van der Waals surface area (Å²) in [5, 5.41) is 11.4. The fourth-order valence-electron chi connectivity index (χ4n) is 1.81. The Bertz CT molecular complexity index is 701. The van der Waals surface area contributed by atoms with Crippen LogP contribution in [0.5, 0.6) is 0 Å². The van der Waals surface area contributed by atoms with Crippen molar-refractivity contribution in [1.82, 2.24) is 5.32 Å². The number of nitrogen functional groups attached to an aromatic ring is 1. The molecule has 1 amide bonds. The molecule has 0 radical (unpaired) electrons. The average molecular weight is 288 g/mol. The number of aromatic carboxylic acids is 1. The lowest BCUT2D eigenvalue weighted by Crippen LogP contribution is -2.24. The van der Waals surface area contributed by atoms with Crippen molar-refractivity contribution >= 4 is 17.6 Å². The molecule has 21 heavy (non-hydrogen) atoms. The summed E-state index contributed by atoms with van der Waals surface area (Å²) < 4.78 is 13.6. The molecule has 5 nitrogen and oxygen atoms in total. The molecule has 0 saturated carbocycles. The van der Waals surface area contributed by atoms with Crippen LogP contribution in [0.3, 0.4) is 0 Å². The Labute approximate surface area is 120 Å². The van der Waals surface area contributed by atoms with E-state index < -0.39 is 17.7 Å². The number of carboxylic acids is 1. The Morgan fingerprint density at radius 2 is 1.95 bits per heavy atom. The van der Waals surface area contributed by atoms with Crippen LogP contribution in [0.15, 0.2) is 42.5 Å². The van der Waals surface area contributed by atoms with Gasteiger partial charge in [-0.2, -0.15) is 0 Å². The highest BCUT2D eigenvalue weighted by Crippen LogP contribution is 2.12. The molecule has 0 unspecified atom stereocenters. The normalized spacial score (nSPS) is 10.1. The number of carbonyl (C=O) groups excluding carboxylic acids is 1. The molecule has 0 aliphatic carbocycles. The van der Waals surface area contributed by atoms with Gasteiger partial charge in [0.2, 0.25) is 0 Å². The molecule has 108 valence electrons. The first-order valence-electron chi connectivity index (χ1n) is 6.13. The Hall–Kier alpha value is -2.89. The molecular weight excluding hydrogens is 275 g/mol. The van der Waals surface area contributed by atoms with Crippen molar-refractivity contribution in [2.24, 2.45) is 0 Å². The largest absolute Gasteiger partial charge is 0.478 e. The highest BCUT2D eigenvalue weighted by atomic mass is 19.1. The second-order valence-corrected chi connectivity index (χ2v) is 4.43. The maximum absolute atomic E-state index is 13.6. The van der Waals surface area contributed by atoms with Gasteiger partial charge in [0.25, 0.3) is 5.91 Å². The fourth-order valence-corrected chi connectivity index (χ4v) is 1.81. The van der Waals surface area contributed by atoms with Gasteiger partial charge in [0.15, 0.2) is 0 Å². The first kappa shape index (κ1) is 14.5. The van der Waals surface area contributed by atoms with Crippen LogP contribution >= 0.6 is 0 Å². The second kappa shape index (κ2) is 6.04. The number of hydrogen-bond donors (Lipinski definition) is 3. The number of hydrogen-bond acceptors (Lipinski definition) is 3. The molecule has 0 saturated heterocycles. The van der Waals surface area contributed by atoms with Gasteiger partial charge < -0.3 is 16.2 Å². The van der Waals surface area contributed by atoms with Crippen molar-refractivity contribution in [2.75, 3.05) is 5.73 Å². The molecule has 2 aromatic rings. The van der Waals surface area contributed by atoms with Gasteiger partial charge in [-0.05, 0) is 35.9 Å². The number of rotatable bonds is 4. The number of nitrogens with one attached hydrogen (secondary N) is 1. The van der Waals surface area contributed by atoms with Gasteiger partial charge in [0.1, 0.15) is 5.82 Å². The van der Waals surface area contributed by atoms with Crippen molar-refractivity contribution in [2.45, 2.75) is 6.54 Å².